The number of hydrogen-bond acceptors (Lipinski definition) is 7. The van der Waals surface area contributed by atoms with Crippen molar-refractivity contribution in [2.24, 2.45) is 0 Å². The Morgan fingerprint density at radius 2 is 1.39 bits per heavy atom. The van der Waals surface area contributed by atoms with E-state index in [9.17, 15) is 14.4 Å². The Morgan fingerprint density at radius 1 is 0.821 bits per heavy atom. The van der Waals surface area contributed by atoms with E-state index in [0.29, 0.717) is 11.5 Å². The number of benzene rings is 2. The van der Waals surface area contributed by atoms with Crippen LogP contribution in [-0.2, 0) is 9.47 Å². The number of ether oxygens (including phenoxy) is 4. The van der Waals surface area contributed by atoms with Gasteiger partial charge in [-0.3, -0.25) is 4.79 Å². The average Bonchev–Trinajstić information content (AvgIpc) is 2.71. The van der Waals surface area contributed by atoms with Crippen LogP contribution in [0.4, 0.5) is 0 Å². The third-order valence-electron chi connectivity index (χ3n) is 3.84. The molecule has 8 heteroatoms. The van der Waals surface area contributed by atoms with E-state index in [-0.39, 0.29) is 22.4 Å². The van der Waals surface area contributed by atoms with Crippen LogP contribution in [0.3, 0.4) is 0 Å². The summed E-state index contributed by atoms with van der Waals surface area (Å²) in [5, 5.41) is 0. The molecule has 28 heavy (non-hydrogen) atoms. The summed E-state index contributed by atoms with van der Waals surface area (Å²) in [6, 6.07) is 9.56. The highest BCUT2D eigenvalue weighted by atomic mass is 16.5. The zero-order valence-electron chi connectivity index (χ0n) is 16.3. The molecule has 0 N–H and O–H groups in total. The number of carbonyl (C=O) groups excluding carboxylic acids is 3. The van der Waals surface area contributed by atoms with Gasteiger partial charge in [0.25, 0.3) is 5.91 Å². The number of carbonyl (C=O) groups is 3. The summed E-state index contributed by atoms with van der Waals surface area (Å²) in [6.07, 6.45) is 0. The van der Waals surface area contributed by atoms with Crippen LogP contribution in [0.25, 0.3) is 0 Å². The van der Waals surface area contributed by atoms with Crippen molar-refractivity contribution in [1.29, 1.82) is 0 Å². The molecule has 0 heterocycles. The Morgan fingerprint density at radius 3 is 1.93 bits per heavy atom. The van der Waals surface area contributed by atoms with Gasteiger partial charge in [0.2, 0.25) is 0 Å². The maximum absolute atomic E-state index is 12.7. The molecule has 2 aromatic rings. The molecule has 1 amide bonds. The molecule has 0 aliphatic heterocycles. The maximum atomic E-state index is 12.7. The van der Waals surface area contributed by atoms with Crippen molar-refractivity contribution in [2.75, 3.05) is 35.4 Å². The Balaban J connectivity index is 2.71. The van der Waals surface area contributed by atoms with Crippen LogP contribution in [0, 0.1) is 0 Å². The van der Waals surface area contributed by atoms with Crippen LogP contribution in [0.15, 0.2) is 36.4 Å². The third-order valence-corrected chi connectivity index (χ3v) is 3.84. The summed E-state index contributed by atoms with van der Waals surface area (Å²) in [6.45, 7) is 0. The fraction of sp³-hybridized carbons (Fsp3) is 0.250. The zero-order valence-corrected chi connectivity index (χ0v) is 16.3. The molecular formula is C20H21NO7. The van der Waals surface area contributed by atoms with Crippen molar-refractivity contribution in [3.63, 3.8) is 0 Å². The Kier molecular flexibility index (Phi) is 6.59. The van der Waals surface area contributed by atoms with Crippen LogP contribution >= 0.6 is 0 Å². The number of para-hydroxylation sites is 2. The summed E-state index contributed by atoms with van der Waals surface area (Å²) < 4.78 is 20.6. The predicted molar refractivity (Wildman–Crippen MR) is 100 cm³/mol. The minimum absolute atomic E-state index is 0.0513. The van der Waals surface area contributed by atoms with Crippen molar-refractivity contribution in [1.82, 2.24) is 4.90 Å². The first-order chi connectivity index (χ1) is 13.3. The molecule has 0 saturated carbocycles. The molecule has 148 valence electrons. The van der Waals surface area contributed by atoms with Gasteiger partial charge >= 0.3 is 11.9 Å². The lowest BCUT2D eigenvalue weighted by atomic mass is 9.99. The molecule has 0 unspecified atom stereocenters. The Bertz CT molecular complexity index is 905. The number of amides is 1. The van der Waals surface area contributed by atoms with E-state index in [0.717, 1.165) is 7.11 Å². The van der Waals surface area contributed by atoms with E-state index in [1.807, 2.05) is 0 Å². The molecule has 8 nitrogen and oxygen atoms in total. The molecule has 2 rings (SSSR count). The topological polar surface area (TPSA) is 91.4 Å². The first kappa shape index (κ1) is 20.8. The van der Waals surface area contributed by atoms with E-state index >= 15 is 0 Å². The average molecular weight is 387 g/mol. The minimum atomic E-state index is -0.838. The molecule has 0 aliphatic carbocycles. The molecule has 0 saturated heterocycles. The van der Waals surface area contributed by atoms with Crippen molar-refractivity contribution in [3.8, 4) is 17.2 Å². The molecule has 0 radical (unpaired) electrons. The van der Waals surface area contributed by atoms with Gasteiger partial charge in [0.15, 0.2) is 11.5 Å². The molecule has 0 atom stereocenters. The standard InChI is InChI=1S/C20H21NO7/c1-21(2)18(22)13-10-12(28-16-9-7-6-8-15(16)25-3)11-14(19(23)26-4)17(13)20(24)27-5/h6-11H,1-5H3. The fourth-order valence-electron chi connectivity index (χ4n) is 2.51. The van der Waals surface area contributed by atoms with E-state index in [1.165, 1.54) is 45.3 Å². The summed E-state index contributed by atoms with van der Waals surface area (Å²) in [7, 11) is 6.87. The second kappa shape index (κ2) is 8.90. The van der Waals surface area contributed by atoms with Crippen LogP contribution in [0.1, 0.15) is 31.1 Å². The predicted octanol–water partition coefficient (Wildman–Crippen LogP) is 2.76. The van der Waals surface area contributed by atoms with E-state index < -0.39 is 17.8 Å². The highest BCUT2D eigenvalue weighted by Crippen LogP contribution is 2.33. The van der Waals surface area contributed by atoms with Gasteiger partial charge in [-0.1, -0.05) is 12.1 Å². The quantitative estimate of drug-likeness (QED) is 0.704. The number of esters is 2. The van der Waals surface area contributed by atoms with E-state index in [2.05, 4.69) is 0 Å². The van der Waals surface area contributed by atoms with Crippen molar-refractivity contribution < 1.29 is 33.3 Å². The highest BCUT2D eigenvalue weighted by Gasteiger charge is 2.28. The second-order valence-electron chi connectivity index (χ2n) is 5.83. The van der Waals surface area contributed by atoms with Gasteiger partial charge in [-0.15, -0.1) is 0 Å². The van der Waals surface area contributed by atoms with Crippen LogP contribution in [-0.4, -0.2) is 58.2 Å². The first-order valence-corrected chi connectivity index (χ1v) is 8.21. The van der Waals surface area contributed by atoms with Crippen molar-refractivity contribution in [3.05, 3.63) is 53.1 Å². The van der Waals surface area contributed by atoms with Crippen LogP contribution in [0.2, 0.25) is 0 Å². The lowest BCUT2D eigenvalue weighted by Gasteiger charge is -2.18. The fourth-order valence-corrected chi connectivity index (χ4v) is 2.51. The smallest absolute Gasteiger partial charge is 0.339 e. The molecule has 0 aliphatic rings. The van der Waals surface area contributed by atoms with Gasteiger partial charge in [-0.05, 0) is 24.3 Å². The van der Waals surface area contributed by atoms with Crippen LogP contribution in [0.5, 0.6) is 17.2 Å². The number of hydrogen-bond donors (Lipinski definition) is 0. The molecule has 0 bridgehead atoms. The summed E-state index contributed by atoms with van der Waals surface area (Å²) in [5.74, 6) is -1.17. The number of nitrogens with zero attached hydrogens (tertiary/aromatic N) is 1. The Labute approximate surface area is 162 Å². The van der Waals surface area contributed by atoms with Gasteiger partial charge in [0, 0.05) is 14.1 Å². The molecule has 0 fully saturated rings. The first-order valence-electron chi connectivity index (χ1n) is 8.21. The van der Waals surface area contributed by atoms with Crippen molar-refractivity contribution in [2.45, 2.75) is 0 Å². The van der Waals surface area contributed by atoms with E-state index in [4.69, 9.17) is 18.9 Å². The summed E-state index contributed by atoms with van der Waals surface area (Å²) >= 11 is 0. The SMILES string of the molecule is COC(=O)c1cc(Oc2ccccc2OC)cc(C(=O)N(C)C)c1C(=O)OC. The molecular weight excluding hydrogens is 366 g/mol. The van der Waals surface area contributed by atoms with Crippen LogP contribution < -0.4 is 9.47 Å². The second-order valence-corrected chi connectivity index (χ2v) is 5.83. The normalized spacial score (nSPS) is 10.0. The van der Waals surface area contributed by atoms with Gasteiger partial charge in [0.1, 0.15) is 5.75 Å². The van der Waals surface area contributed by atoms with E-state index in [1.54, 1.807) is 24.3 Å². The molecule has 0 spiro atoms. The lowest BCUT2D eigenvalue weighted by molar-refractivity contribution is 0.0551. The largest absolute Gasteiger partial charge is 0.493 e. The molecule has 0 aromatic heterocycles. The lowest BCUT2D eigenvalue weighted by Crippen LogP contribution is -2.26. The summed E-state index contributed by atoms with van der Waals surface area (Å²) in [4.78, 5) is 38.5. The van der Waals surface area contributed by atoms with Gasteiger partial charge in [-0.2, -0.15) is 0 Å². The minimum Gasteiger partial charge on any atom is -0.493 e. The maximum Gasteiger partial charge on any atom is 0.339 e. The van der Waals surface area contributed by atoms with Crippen molar-refractivity contribution >= 4 is 17.8 Å². The summed E-state index contributed by atoms with van der Waals surface area (Å²) in [5.41, 5.74) is -0.392. The van der Waals surface area contributed by atoms with Gasteiger partial charge < -0.3 is 23.8 Å². The van der Waals surface area contributed by atoms with Gasteiger partial charge in [-0.25, -0.2) is 9.59 Å². The third kappa shape index (κ3) is 4.22. The monoisotopic (exact) mass is 387 g/mol. The number of rotatable bonds is 6. The number of methoxy groups -OCH3 is 3. The molecule has 2 aromatic carbocycles. The Hall–Kier alpha value is -3.55. The highest BCUT2D eigenvalue weighted by molar-refractivity contribution is 6.12. The zero-order chi connectivity index (χ0) is 20.8. The van der Waals surface area contributed by atoms with Gasteiger partial charge in [0.05, 0.1) is 38.0 Å².